The first-order valence-electron chi connectivity index (χ1n) is 9.26. The van der Waals surface area contributed by atoms with Crippen LogP contribution in [0.25, 0.3) is 5.57 Å². The summed E-state index contributed by atoms with van der Waals surface area (Å²) < 4.78 is 45.9. The highest BCUT2D eigenvalue weighted by Crippen LogP contribution is 2.28. The van der Waals surface area contributed by atoms with Crippen molar-refractivity contribution in [3.63, 3.8) is 0 Å². The van der Waals surface area contributed by atoms with E-state index in [1.165, 1.54) is 36.4 Å². The van der Waals surface area contributed by atoms with E-state index in [-0.39, 0.29) is 34.3 Å². The summed E-state index contributed by atoms with van der Waals surface area (Å²) in [6, 6.07) is 14.3. The van der Waals surface area contributed by atoms with Crippen molar-refractivity contribution in [2.75, 3.05) is 6.61 Å². The highest BCUT2D eigenvalue weighted by atomic mass is 32.2. The van der Waals surface area contributed by atoms with Crippen LogP contribution in [-0.4, -0.2) is 22.7 Å². The molecule has 3 aromatic rings. The van der Waals surface area contributed by atoms with Crippen LogP contribution in [0.4, 0.5) is 13.2 Å². The van der Waals surface area contributed by atoms with E-state index in [0.717, 1.165) is 23.6 Å². The minimum absolute atomic E-state index is 0.118. The van der Waals surface area contributed by atoms with Crippen LogP contribution in [0.1, 0.15) is 17.0 Å². The van der Waals surface area contributed by atoms with Crippen molar-refractivity contribution in [2.24, 2.45) is 0 Å². The highest BCUT2D eigenvalue weighted by molar-refractivity contribution is 7.98. The van der Waals surface area contributed by atoms with Crippen molar-refractivity contribution in [2.45, 2.75) is 17.1 Å². The fraction of sp³-hybridized carbons (Fsp3) is 0.130. The number of ether oxygens (including phenoxy) is 1. The number of benzene rings is 2. The molecule has 0 unspecified atom stereocenters. The number of hydrogen-bond donors (Lipinski definition) is 1. The standard InChI is InChI=1S/C23H18F3NO3S/c24-16-9-7-15(8-10-16)11-12-30-13-18(23(28)29)21-6-1-3-17(27-21)14-31-22-19(25)4-2-5-20(22)26/h1-10,13H,11-12,14H2,(H,28,29). The van der Waals surface area contributed by atoms with E-state index in [1.54, 1.807) is 24.3 Å². The Bertz CT molecular complexity index is 1070. The monoisotopic (exact) mass is 445 g/mol. The molecule has 1 aromatic heterocycles. The second-order valence-electron chi connectivity index (χ2n) is 6.44. The third-order valence-corrected chi connectivity index (χ3v) is 5.34. The maximum atomic E-state index is 13.8. The summed E-state index contributed by atoms with van der Waals surface area (Å²) in [4.78, 5) is 15.8. The molecule has 1 N–H and O–H groups in total. The van der Waals surface area contributed by atoms with Gasteiger partial charge in [0.15, 0.2) is 0 Å². The average Bonchev–Trinajstić information content (AvgIpc) is 2.74. The van der Waals surface area contributed by atoms with Crippen molar-refractivity contribution < 1.29 is 27.8 Å². The van der Waals surface area contributed by atoms with Gasteiger partial charge in [-0.05, 0) is 42.0 Å². The number of aliphatic carboxylic acids is 1. The van der Waals surface area contributed by atoms with Crippen LogP contribution in [-0.2, 0) is 21.7 Å². The van der Waals surface area contributed by atoms with Gasteiger partial charge in [0.25, 0.3) is 0 Å². The van der Waals surface area contributed by atoms with E-state index in [4.69, 9.17) is 4.74 Å². The van der Waals surface area contributed by atoms with Crippen molar-refractivity contribution in [1.29, 1.82) is 0 Å². The molecule has 1 heterocycles. The molecule has 0 fully saturated rings. The number of thioether (sulfide) groups is 1. The van der Waals surface area contributed by atoms with E-state index < -0.39 is 17.6 Å². The lowest BCUT2D eigenvalue weighted by atomic mass is 10.1. The molecule has 0 saturated carbocycles. The third-order valence-electron chi connectivity index (χ3n) is 4.22. The number of nitrogens with zero attached hydrogens (tertiary/aromatic N) is 1. The van der Waals surface area contributed by atoms with Crippen LogP contribution in [0.2, 0.25) is 0 Å². The van der Waals surface area contributed by atoms with E-state index in [0.29, 0.717) is 12.1 Å². The lowest BCUT2D eigenvalue weighted by molar-refractivity contribution is -0.130. The number of pyridine rings is 1. The van der Waals surface area contributed by atoms with Crippen molar-refractivity contribution in [3.8, 4) is 0 Å². The lowest BCUT2D eigenvalue weighted by Gasteiger charge is -2.08. The van der Waals surface area contributed by atoms with Gasteiger partial charge in [-0.1, -0.05) is 24.3 Å². The van der Waals surface area contributed by atoms with Gasteiger partial charge in [-0.25, -0.2) is 18.0 Å². The Hall–Kier alpha value is -3.26. The molecule has 8 heteroatoms. The topological polar surface area (TPSA) is 59.4 Å². The van der Waals surface area contributed by atoms with Gasteiger partial charge >= 0.3 is 5.97 Å². The Morgan fingerprint density at radius 3 is 2.35 bits per heavy atom. The molecule has 0 aliphatic carbocycles. The zero-order chi connectivity index (χ0) is 22.2. The van der Waals surface area contributed by atoms with Gasteiger partial charge in [0.1, 0.15) is 23.0 Å². The number of halogens is 3. The van der Waals surface area contributed by atoms with Gasteiger partial charge in [-0.2, -0.15) is 0 Å². The minimum Gasteiger partial charge on any atom is -0.500 e. The summed E-state index contributed by atoms with van der Waals surface area (Å²) in [6.07, 6.45) is 1.59. The SMILES string of the molecule is O=C(O)C(=COCCc1ccc(F)cc1)c1cccc(CSc2c(F)cccc2F)n1. The molecule has 4 nitrogen and oxygen atoms in total. The number of aromatic nitrogens is 1. The van der Waals surface area contributed by atoms with E-state index in [9.17, 15) is 23.1 Å². The van der Waals surface area contributed by atoms with Gasteiger partial charge in [-0.15, -0.1) is 11.8 Å². The average molecular weight is 445 g/mol. The molecular formula is C23H18F3NO3S. The summed E-state index contributed by atoms with van der Waals surface area (Å²) >= 11 is 0.938. The molecule has 0 saturated heterocycles. The lowest BCUT2D eigenvalue weighted by Crippen LogP contribution is -2.05. The predicted molar refractivity (Wildman–Crippen MR) is 112 cm³/mol. The minimum atomic E-state index is -1.22. The van der Waals surface area contributed by atoms with Crippen LogP contribution in [0.3, 0.4) is 0 Å². The molecule has 0 radical (unpaired) electrons. The molecule has 0 spiro atoms. The summed E-state index contributed by atoms with van der Waals surface area (Å²) in [6.45, 7) is 0.199. The van der Waals surface area contributed by atoms with Crippen LogP contribution in [0.5, 0.6) is 0 Å². The molecule has 0 bridgehead atoms. The molecule has 0 atom stereocenters. The van der Waals surface area contributed by atoms with Gasteiger partial charge < -0.3 is 9.84 Å². The van der Waals surface area contributed by atoms with Crippen LogP contribution in [0, 0.1) is 17.5 Å². The Balaban J connectivity index is 1.66. The van der Waals surface area contributed by atoms with E-state index in [1.807, 2.05) is 0 Å². The molecule has 2 aromatic carbocycles. The maximum absolute atomic E-state index is 13.8. The molecular weight excluding hydrogens is 427 g/mol. The fourth-order valence-electron chi connectivity index (χ4n) is 2.67. The van der Waals surface area contributed by atoms with Crippen LogP contribution < -0.4 is 0 Å². The Morgan fingerprint density at radius 1 is 1.00 bits per heavy atom. The molecule has 160 valence electrons. The highest BCUT2D eigenvalue weighted by Gasteiger charge is 2.14. The molecule has 0 aliphatic heterocycles. The second-order valence-corrected chi connectivity index (χ2v) is 7.42. The van der Waals surface area contributed by atoms with Gasteiger partial charge in [0, 0.05) is 12.2 Å². The Labute approximate surface area is 181 Å². The van der Waals surface area contributed by atoms with E-state index in [2.05, 4.69) is 4.98 Å². The number of carboxylic acids is 1. The van der Waals surface area contributed by atoms with Gasteiger partial charge in [0.2, 0.25) is 0 Å². The predicted octanol–water partition coefficient (Wildman–Crippen LogP) is 5.48. The summed E-state index contributed by atoms with van der Waals surface area (Å²) in [7, 11) is 0. The number of carboxylic acid groups (broad SMARTS) is 1. The zero-order valence-corrected chi connectivity index (χ0v) is 17.0. The second kappa shape index (κ2) is 10.7. The van der Waals surface area contributed by atoms with Gasteiger partial charge in [0.05, 0.1) is 29.2 Å². The molecule has 0 amide bonds. The number of hydrogen-bond acceptors (Lipinski definition) is 4. The summed E-state index contributed by atoms with van der Waals surface area (Å²) in [5, 5.41) is 9.51. The van der Waals surface area contributed by atoms with Crippen molar-refractivity contribution >= 4 is 23.3 Å². The van der Waals surface area contributed by atoms with Crippen LogP contribution >= 0.6 is 11.8 Å². The number of rotatable bonds is 9. The van der Waals surface area contributed by atoms with E-state index >= 15 is 0 Å². The van der Waals surface area contributed by atoms with Crippen LogP contribution in [0.15, 0.2) is 71.8 Å². The number of carbonyl (C=O) groups is 1. The Morgan fingerprint density at radius 2 is 1.68 bits per heavy atom. The largest absolute Gasteiger partial charge is 0.500 e. The summed E-state index contributed by atoms with van der Waals surface area (Å²) in [5.41, 5.74) is 1.33. The quantitative estimate of drug-likeness (QED) is 0.205. The van der Waals surface area contributed by atoms with Crippen molar-refractivity contribution in [1.82, 2.24) is 4.98 Å². The molecule has 0 aliphatic rings. The van der Waals surface area contributed by atoms with Crippen molar-refractivity contribution in [3.05, 3.63) is 101 Å². The first kappa shape index (κ1) is 22.4. The normalized spacial score (nSPS) is 11.4. The fourth-order valence-corrected chi connectivity index (χ4v) is 3.53. The smallest absolute Gasteiger partial charge is 0.341 e. The zero-order valence-electron chi connectivity index (χ0n) is 16.2. The van der Waals surface area contributed by atoms with Gasteiger partial charge in [-0.3, -0.25) is 4.98 Å². The third kappa shape index (κ3) is 6.36. The summed E-state index contributed by atoms with van der Waals surface area (Å²) in [5.74, 6) is -2.73. The maximum Gasteiger partial charge on any atom is 0.341 e. The molecule has 3 rings (SSSR count). The Kier molecular flexibility index (Phi) is 7.72. The molecule has 31 heavy (non-hydrogen) atoms. The first-order chi connectivity index (χ1) is 14.9. The first-order valence-corrected chi connectivity index (χ1v) is 10.2.